The first-order chi connectivity index (χ1) is 11.7. The molecule has 0 fully saturated rings. The second-order valence-electron chi connectivity index (χ2n) is 6.37. The molecule has 1 aliphatic rings. The molecule has 2 atom stereocenters. The van der Waals surface area contributed by atoms with Crippen LogP contribution >= 0.6 is 0 Å². The van der Waals surface area contributed by atoms with Crippen molar-refractivity contribution >= 4 is 5.91 Å². The van der Waals surface area contributed by atoms with Crippen LogP contribution in [0.2, 0.25) is 0 Å². The van der Waals surface area contributed by atoms with Crippen LogP contribution in [0.1, 0.15) is 17.5 Å². The highest BCUT2D eigenvalue weighted by Gasteiger charge is 2.27. The van der Waals surface area contributed by atoms with Gasteiger partial charge in [-0.15, -0.1) is 0 Å². The lowest BCUT2D eigenvalue weighted by Gasteiger charge is -2.26. The number of nitrogens with zero attached hydrogens (tertiary/aromatic N) is 1. The summed E-state index contributed by atoms with van der Waals surface area (Å²) in [4.78, 5) is 14.9. The molecular weight excluding hydrogens is 296 g/mol. The van der Waals surface area contributed by atoms with Crippen LogP contribution in [0.15, 0.2) is 72.8 Å². The van der Waals surface area contributed by atoms with Gasteiger partial charge in [0.25, 0.3) is 0 Å². The number of rotatable bonds is 6. The molecule has 2 aromatic rings. The van der Waals surface area contributed by atoms with Gasteiger partial charge in [-0.05, 0) is 24.0 Å². The van der Waals surface area contributed by atoms with Crippen LogP contribution in [0.3, 0.4) is 0 Å². The zero-order valence-corrected chi connectivity index (χ0v) is 13.8. The Kier molecular flexibility index (Phi) is 5.44. The van der Waals surface area contributed by atoms with Crippen molar-refractivity contribution in [2.24, 2.45) is 11.7 Å². The highest BCUT2D eigenvalue weighted by Crippen LogP contribution is 2.20. The van der Waals surface area contributed by atoms with E-state index in [1.54, 1.807) is 0 Å². The summed E-state index contributed by atoms with van der Waals surface area (Å²) in [6, 6.07) is 20.5. The Morgan fingerprint density at radius 1 is 0.958 bits per heavy atom. The first-order valence-corrected chi connectivity index (χ1v) is 8.53. The summed E-state index contributed by atoms with van der Waals surface area (Å²) in [5.74, 6) is 0.0958. The molecule has 0 aliphatic heterocycles. The fourth-order valence-corrected chi connectivity index (χ4v) is 3.12. The minimum Gasteiger partial charge on any atom is -0.338 e. The van der Waals surface area contributed by atoms with Crippen molar-refractivity contribution in [3.8, 4) is 0 Å². The third-order valence-corrected chi connectivity index (χ3v) is 4.48. The van der Waals surface area contributed by atoms with Gasteiger partial charge in [0.15, 0.2) is 0 Å². The van der Waals surface area contributed by atoms with Crippen LogP contribution < -0.4 is 5.73 Å². The van der Waals surface area contributed by atoms with Gasteiger partial charge in [0.05, 0.1) is 5.92 Å². The molecule has 0 spiro atoms. The Hall–Kier alpha value is -2.39. The standard InChI is InChI=1S/C21H24N2O/c22-20-12-11-19(15-20)21(24)23(16-18-9-5-2-6-10-18)14-13-17-7-3-1-4-8-17/h1-12,19-20H,13-16,22H2. The topological polar surface area (TPSA) is 46.3 Å². The number of benzene rings is 2. The Balaban J connectivity index is 1.70. The van der Waals surface area contributed by atoms with Gasteiger partial charge in [0.2, 0.25) is 5.91 Å². The number of hydrogen-bond donors (Lipinski definition) is 1. The van der Waals surface area contributed by atoms with Gasteiger partial charge in [-0.1, -0.05) is 72.8 Å². The van der Waals surface area contributed by atoms with E-state index in [1.807, 2.05) is 53.5 Å². The number of carbonyl (C=O) groups is 1. The third kappa shape index (κ3) is 4.33. The van der Waals surface area contributed by atoms with E-state index in [-0.39, 0.29) is 17.9 Å². The Bertz CT molecular complexity index is 681. The molecule has 2 aromatic carbocycles. The van der Waals surface area contributed by atoms with Crippen molar-refractivity contribution < 1.29 is 4.79 Å². The zero-order chi connectivity index (χ0) is 16.8. The van der Waals surface area contributed by atoms with Crippen LogP contribution in [0.25, 0.3) is 0 Å². The smallest absolute Gasteiger partial charge is 0.229 e. The van der Waals surface area contributed by atoms with E-state index in [0.717, 1.165) is 24.9 Å². The molecule has 3 nitrogen and oxygen atoms in total. The van der Waals surface area contributed by atoms with Crippen molar-refractivity contribution in [3.05, 3.63) is 83.9 Å². The molecule has 3 rings (SSSR count). The number of nitrogens with two attached hydrogens (primary N) is 1. The minimum atomic E-state index is -0.0838. The SMILES string of the molecule is NC1C=CC(C(=O)N(CCc2ccccc2)Cc2ccccc2)C1. The zero-order valence-electron chi connectivity index (χ0n) is 13.8. The third-order valence-electron chi connectivity index (χ3n) is 4.48. The van der Waals surface area contributed by atoms with Crippen molar-refractivity contribution in [1.82, 2.24) is 4.90 Å². The fourth-order valence-electron chi connectivity index (χ4n) is 3.12. The van der Waals surface area contributed by atoms with E-state index < -0.39 is 0 Å². The van der Waals surface area contributed by atoms with E-state index in [0.29, 0.717) is 6.54 Å². The Morgan fingerprint density at radius 3 is 2.17 bits per heavy atom. The first-order valence-electron chi connectivity index (χ1n) is 8.53. The predicted molar refractivity (Wildman–Crippen MR) is 97.2 cm³/mol. The molecular formula is C21H24N2O. The number of amides is 1. The maximum atomic E-state index is 12.9. The number of carbonyl (C=O) groups excluding carboxylic acids is 1. The molecule has 3 heteroatoms. The predicted octanol–water partition coefficient (Wildman–Crippen LogP) is 3.16. The first kappa shape index (κ1) is 16.5. The summed E-state index contributed by atoms with van der Waals surface area (Å²) in [5, 5.41) is 0. The molecule has 0 saturated heterocycles. The monoisotopic (exact) mass is 320 g/mol. The summed E-state index contributed by atoms with van der Waals surface area (Å²) < 4.78 is 0. The molecule has 1 aliphatic carbocycles. The molecule has 0 heterocycles. The fraction of sp³-hybridized carbons (Fsp3) is 0.286. The van der Waals surface area contributed by atoms with Gasteiger partial charge in [-0.25, -0.2) is 0 Å². The van der Waals surface area contributed by atoms with Gasteiger partial charge in [0.1, 0.15) is 0 Å². The molecule has 2 unspecified atom stereocenters. The van der Waals surface area contributed by atoms with E-state index in [2.05, 4.69) is 24.3 Å². The molecule has 0 saturated carbocycles. The van der Waals surface area contributed by atoms with Crippen LogP contribution in [0, 0.1) is 5.92 Å². The van der Waals surface area contributed by atoms with Gasteiger partial charge in [-0.2, -0.15) is 0 Å². The molecule has 0 bridgehead atoms. The van der Waals surface area contributed by atoms with E-state index in [4.69, 9.17) is 5.73 Å². The molecule has 1 amide bonds. The molecule has 0 aromatic heterocycles. The summed E-state index contributed by atoms with van der Waals surface area (Å²) in [6.45, 7) is 1.36. The van der Waals surface area contributed by atoms with Crippen LogP contribution in [-0.4, -0.2) is 23.4 Å². The molecule has 24 heavy (non-hydrogen) atoms. The Morgan fingerprint density at radius 2 is 1.58 bits per heavy atom. The molecule has 124 valence electrons. The quantitative estimate of drug-likeness (QED) is 0.831. The highest BCUT2D eigenvalue weighted by molar-refractivity contribution is 5.81. The molecule has 0 radical (unpaired) electrons. The molecule has 2 N–H and O–H groups in total. The van der Waals surface area contributed by atoms with E-state index in [9.17, 15) is 4.79 Å². The van der Waals surface area contributed by atoms with Crippen molar-refractivity contribution in [3.63, 3.8) is 0 Å². The largest absolute Gasteiger partial charge is 0.338 e. The van der Waals surface area contributed by atoms with Crippen molar-refractivity contribution in [1.29, 1.82) is 0 Å². The van der Waals surface area contributed by atoms with Crippen LogP contribution in [0.4, 0.5) is 0 Å². The normalized spacial score (nSPS) is 19.4. The summed E-state index contributed by atoms with van der Waals surface area (Å²) in [7, 11) is 0. The second-order valence-corrected chi connectivity index (χ2v) is 6.37. The van der Waals surface area contributed by atoms with Gasteiger partial charge in [-0.3, -0.25) is 4.79 Å². The van der Waals surface area contributed by atoms with Gasteiger partial charge in [0, 0.05) is 19.1 Å². The van der Waals surface area contributed by atoms with Crippen LogP contribution in [-0.2, 0) is 17.8 Å². The lowest BCUT2D eigenvalue weighted by molar-refractivity contribution is -0.134. The second kappa shape index (κ2) is 7.93. The Labute approximate surface area is 143 Å². The maximum absolute atomic E-state index is 12.9. The maximum Gasteiger partial charge on any atom is 0.229 e. The lowest BCUT2D eigenvalue weighted by atomic mass is 10.0. The van der Waals surface area contributed by atoms with E-state index in [1.165, 1.54) is 5.56 Å². The minimum absolute atomic E-state index is 0.00616. The van der Waals surface area contributed by atoms with Gasteiger partial charge >= 0.3 is 0 Å². The lowest BCUT2D eigenvalue weighted by Crippen LogP contribution is -2.37. The average Bonchev–Trinajstić information content (AvgIpc) is 3.06. The number of hydrogen-bond acceptors (Lipinski definition) is 2. The summed E-state index contributed by atoms with van der Waals surface area (Å²) >= 11 is 0. The van der Waals surface area contributed by atoms with Crippen LogP contribution in [0.5, 0.6) is 0 Å². The van der Waals surface area contributed by atoms with E-state index >= 15 is 0 Å². The summed E-state index contributed by atoms with van der Waals surface area (Å²) in [5.41, 5.74) is 8.33. The van der Waals surface area contributed by atoms with Gasteiger partial charge < -0.3 is 10.6 Å². The average molecular weight is 320 g/mol. The highest BCUT2D eigenvalue weighted by atomic mass is 16.2. The van der Waals surface area contributed by atoms with Crippen molar-refractivity contribution in [2.45, 2.75) is 25.4 Å². The summed E-state index contributed by atoms with van der Waals surface area (Å²) in [6.07, 6.45) is 5.49. The van der Waals surface area contributed by atoms with Crippen molar-refractivity contribution in [2.75, 3.05) is 6.54 Å².